The van der Waals surface area contributed by atoms with Gasteiger partial charge in [0, 0.05) is 39.3 Å². The van der Waals surface area contributed by atoms with Crippen LogP contribution in [0.25, 0.3) is 10.2 Å². The summed E-state index contributed by atoms with van der Waals surface area (Å²) in [4.78, 5) is 22.5. The number of rotatable bonds is 7. The van der Waals surface area contributed by atoms with E-state index in [1.807, 2.05) is 48.5 Å². The van der Waals surface area contributed by atoms with Gasteiger partial charge < -0.3 is 15.0 Å². The van der Waals surface area contributed by atoms with Crippen LogP contribution in [0.5, 0.6) is 11.5 Å². The zero-order chi connectivity index (χ0) is 23.3. The average molecular weight is 473 g/mol. The van der Waals surface area contributed by atoms with Gasteiger partial charge in [0.15, 0.2) is 5.13 Å². The lowest BCUT2D eigenvalue weighted by molar-refractivity contribution is 0.0945. The normalized spacial score (nSPS) is 14.3. The fourth-order valence-corrected chi connectivity index (χ4v) is 5.25. The minimum Gasteiger partial charge on any atom is -0.457 e. The first-order valence-corrected chi connectivity index (χ1v) is 12.4. The third-order valence-electron chi connectivity index (χ3n) is 6.07. The predicted molar refractivity (Wildman–Crippen MR) is 138 cm³/mol. The molecule has 1 aliphatic heterocycles. The van der Waals surface area contributed by atoms with Gasteiger partial charge in [-0.05, 0) is 42.8 Å². The van der Waals surface area contributed by atoms with Crippen LogP contribution in [-0.4, -0.2) is 55.1 Å². The maximum atomic E-state index is 12.8. The molecule has 5 rings (SSSR count). The number of aryl methyl sites for hydroxylation is 1. The van der Waals surface area contributed by atoms with Crippen molar-refractivity contribution < 1.29 is 9.53 Å². The number of para-hydroxylation sites is 3. The molecule has 0 bridgehead atoms. The highest BCUT2D eigenvalue weighted by Crippen LogP contribution is 2.31. The average Bonchev–Trinajstić information content (AvgIpc) is 3.31. The first-order chi connectivity index (χ1) is 16.7. The van der Waals surface area contributed by atoms with E-state index in [1.165, 1.54) is 10.3 Å². The first-order valence-electron chi connectivity index (χ1n) is 11.6. The Labute approximate surface area is 203 Å². The first kappa shape index (κ1) is 22.4. The molecular formula is C27H28N4O2S. The van der Waals surface area contributed by atoms with Crippen LogP contribution < -0.4 is 15.0 Å². The van der Waals surface area contributed by atoms with Gasteiger partial charge in [-0.15, -0.1) is 0 Å². The number of ether oxygens (including phenoxy) is 1. The van der Waals surface area contributed by atoms with Crippen molar-refractivity contribution in [3.8, 4) is 11.5 Å². The van der Waals surface area contributed by atoms with Crippen LogP contribution in [0.15, 0.2) is 72.8 Å². The van der Waals surface area contributed by atoms with E-state index in [4.69, 9.17) is 9.72 Å². The number of fused-ring (bicyclic) bond motifs is 1. The van der Waals surface area contributed by atoms with E-state index < -0.39 is 0 Å². The molecule has 0 radical (unpaired) electrons. The molecule has 1 aromatic heterocycles. The number of benzene rings is 3. The lowest BCUT2D eigenvalue weighted by Crippen LogP contribution is -2.48. The summed E-state index contributed by atoms with van der Waals surface area (Å²) in [5, 5.41) is 4.16. The van der Waals surface area contributed by atoms with Crippen molar-refractivity contribution in [1.29, 1.82) is 0 Å². The van der Waals surface area contributed by atoms with E-state index in [-0.39, 0.29) is 5.91 Å². The van der Waals surface area contributed by atoms with Gasteiger partial charge in [-0.3, -0.25) is 9.69 Å². The minimum atomic E-state index is -0.116. The number of nitrogens with zero attached hydrogens (tertiary/aromatic N) is 3. The molecular weight excluding hydrogens is 444 g/mol. The molecule has 0 aliphatic carbocycles. The van der Waals surface area contributed by atoms with E-state index in [9.17, 15) is 4.79 Å². The Hall–Kier alpha value is -3.42. The quantitative estimate of drug-likeness (QED) is 0.413. The van der Waals surface area contributed by atoms with Gasteiger partial charge in [-0.25, -0.2) is 4.98 Å². The molecule has 6 nitrogen and oxygen atoms in total. The smallest absolute Gasteiger partial charge is 0.255 e. The van der Waals surface area contributed by atoms with Gasteiger partial charge in [-0.2, -0.15) is 0 Å². The van der Waals surface area contributed by atoms with Crippen LogP contribution in [-0.2, 0) is 0 Å². The number of anilines is 1. The second-order valence-corrected chi connectivity index (χ2v) is 9.42. The molecule has 4 aromatic rings. The highest BCUT2D eigenvalue weighted by molar-refractivity contribution is 7.22. The third-order valence-corrected chi connectivity index (χ3v) is 7.15. The maximum Gasteiger partial charge on any atom is 0.255 e. The van der Waals surface area contributed by atoms with Crippen molar-refractivity contribution in [2.45, 2.75) is 6.92 Å². The van der Waals surface area contributed by atoms with Crippen LogP contribution in [0.4, 0.5) is 5.13 Å². The van der Waals surface area contributed by atoms with Crippen molar-refractivity contribution in [3.63, 3.8) is 0 Å². The zero-order valence-electron chi connectivity index (χ0n) is 19.2. The Balaban J connectivity index is 1.12. The summed E-state index contributed by atoms with van der Waals surface area (Å²) in [5.41, 5.74) is 2.89. The van der Waals surface area contributed by atoms with Gasteiger partial charge in [0.1, 0.15) is 11.5 Å². The number of nitrogens with one attached hydrogen (secondary N) is 1. The van der Waals surface area contributed by atoms with E-state index in [1.54, 1.807) is 17.4 Å². The number of carbonyl (C=O) groups excluding carboxylic acids is 1. The summed E-state index contributed by atoms with van der Waals surface area (Å²) in [5.74, 6) is 1.16. The monoisotopic (exact) mass is 472 g/mol. The second-order valence-electron chi connectivity index (χ2n) is 8.41. The number of carbonyl (C=O) groups is 1. The van der Waals surface area contributed by atoms with Crippen molar-refractivity contribution in [1.82, 2.24) is 15.2 Å². The van der Waals surface area contributed by atoms with E-state index in [0.717, 1.165) is 43.4 Å². The maximum absolute atomic E-state index is 12.8. The zero-order valence-corrected chi connectivity index (χ0v) is 20.1. The van der Waals surface area contributed by atoms with E-state index in [0.29, 0.717) is 23.6 Å². The molecule has 7 heteroatoms. The Morgan fingerprint density at radius 1 is 0.971 bits per heavy atom. The summed E-state index contributed by atoms with van der Waals surface area (Å²) in [6, 6.07) is 23.2. The topological polar surface area (TPSA) is 57.7 Å². The van der Waals surface area contributed by atoms with Crippen LogP contribution in [0.2, 0.25) is 0 Å². The molecule has 1 aliphatic rings. The summed E-state index contributed by atoms with van der Waals surface area (Å²) >= 11 is 1.77. The number of aromatic nitrogens is 1. The predicted octanol–water partition coefficient (Wildman–Crippen LogP) is 4.95. The standard InChI is InChI=1S/C27H28N4O2S/c1-20-8-7-13-24-25(20)29-27(34-24)31-18-16-30(17-19-31)15-14-28-26(32)22-11-5-6-12-23(22)33-21-9-3-2-4-10-21/h2-13H,14-19H2,1H3,(H,28,32). The molecule has 0 saturated carbocycles. The van der Waals surface area contributed by atoms with Gasteiger partial charge in [0.2, 0.25) is 0 Å². The SMILES string of the molecule is Cc1cccc2sc(N3CCN(CCNC(=O)c4ccccc4Oc4ccccc4)CC3)nc12. The number of hydrogen-bond acceptors (Lipinski definition) is 6. The third kappa shape index (κ3) is 5.05. The molecule has 1 fully saturated rings. The Kier molecular flexibility index (Phi) is 6.74. The van der Waals surface area contributed by atoms with Gasteiger partial charge in [-0.1, -0.05) is 53.8 Å². The lowest BCUT2D eigenvalue weighted by Gasteiger charge is -2.34. The molecule has 0 unspecified atom stereocenters. The molecule has 1 saturated heterocycles. The van der Waals surface area contributed by atoms with Gasteiger partial charge in [0.25, 0.3) is 5.91 Å². The number of amides is 1. The molecule has 34 heavy (non-hydrogen) atoms. The molecule has 174 valence electrons. The fraction of sp³-hybridized carbons (Fsp3) is 0.259. The second kappa shape index (κ2) is 10.2. The summed E-state index contributed by atoms with van der Waals surface area (Å²) in [6.07, 6.45) is 0. The van der Waals surface area contributed by atoms with Crippen LogP contribution in [0, 0.1) is 6.92 Å². The number of hydrogen-bond donors (Lipinski definition) is 1. The van der Waals surface area contributed by atoms with Crippen molar-refractivity contribution in [2.75, 3.05) is 44.2 Å². The fourth-order valence-electron chi connectivity index (χ4n) is 4.15. The Morgan fingerprint density at radius 2 is 1.74 bits per heavy atom. The van der Waals surface area contributed by atoms with Crippen molar-refractivity contribution in [2.24, 2.45) is 0 Å². The molecule has 1 amide bonds. The Morgan fingerprint density at radius 3 is 2.53 bits per heavy atom. The van der Waals surface area contributed by atoms with Crippen molar-refractivity contribution >= 4 is 32.6 Å². The van der Waals surface area contributed by atoms with Crippen LogP contribution in [0.1, 0.15) is 15.9 Å². The largest absolute Gasteiger partial charge is 0.457 e. The van der Waals surface area contributed by atoms with E-state index in [2.05, 4.69) is 40.2 Å². The van der Waals surface area contributed by atoms with Crippen LogP contribution >= 0.6 is 11.3 Å². The lowest BCUT2D eigenvalue weighted by atomic mass is 10.2. The highest BCUT2D eigenvalue weighted by Gasteiger charge is 2.20. The minimum absolute atomic E-state index is 0.116. The summed E-state index contributed by atoms with van der Waals surface area (Å²) in [7, 11) is 0. The molecule has 3 aromatic carbocycles. The number of thiazole rings is 1. The number of piperazine rings is 1. The molecule has 1 N–H and O–H groups in total. The van der Waals surface area contributed by atoms with E-state index >= 15 is 0 Å². The van der Waals surface area contributed by atoms with Crippen LogP contribution in [0.3, 0.4) is 0 Å². The molecule has 2 heterocycles. The highest BCUT2D eigenvalue weighted by atomic mass is 32.1. The molecule has 0 spiro atoms. The Bertz CT molecular complexity index is 1270. The summed E-state index contributed by atoms with van der Waals surface area (Å²) < 4.78 is 7.18. The molecule has 0 atom stereocenters. The van der Waals surface area contributed by atoms with Gasteiger partial charge >= 0.3 is 0 Å². The van der Waals surface area contributed by atoms with Crippen molar-refractivity contribution in [3.05, 3.63) is 83.9 Å². The van der Waals surface area contributed by atoms with Gasteiger partial charge in [0.05, 0.1) is 15.8 Å². The summed E-state index contributed by atoms with van der Waals surface area (Å²) in [6.45, 7) is 7.33.